The van der Waals surface area contributed by atoms with E-state index in [2.05, 4.69) is 26.8 Å². The van der Waals surface area contributed by atoms with Crippen LogP contribution in [0.2, 0.25) is 0 Å². The minimum Gasteiger partial charge on any atom is -0.393 e. The highest BCUT2D eigenvalue weighted by Gasteiger charge is 2.59. The van der Waals surface area contributed by atoms with Gasteiger partial charge in [-0.25, -0.2) is 0 Å². The fourth-order valence-electron chi connectivity index (χ4n) is 9.87. The van der Waals surface area contributed by atoms with E-state index in [9.17, 15) is 14.7 Å². The zero-order chi connectivity index (χ0) is 25.8. The van der Waals surface area contributed by atoms with Crippen molar-refractivity contribution in [2.75, 3.05) is 20.1 Å². The third-order valence-corrected chi connectivity index (χ3v) is 12.2. The predicted octanol–water partition coefficient (Wildman–Crippen LogP) is 5.42. The van der Waals surface area contributed by atoms with Crippen molar-refractivity contribution in [3.8, 4) is 0 Å². The molecule has 0 aromatic carbocycles. The highest BCUT2D eigenvalue weighted by molar-refractivity contribution is 5.77. The van der Waals surface area contributed by atoms with Crippen LogP contribution < -0.4 is 0 Å². The Bertz CT molecular complexity index is 900. The molecule has 0 radical (unpaired) electrons. The SMILES string of the molecule is CC(=O)N(C)[C@H]1CCN(C(=O)CCC(C)[C@H]2CC[C@H]3[C@@H]4CC=C5C[C@@H](O)CC[C@]5(C)[C@H]4CC[C@]23C)C1. The van der Waals surface area contributed by atoms with Crippen molar-refractivity contribution in [3.05, 3.63) is 11.6 Å². The first-order chi connectivity index (χ1) is 17.0. The smallest absolute Gasteiger partial charge is 0.222 e. The van der Waals surface area contributed by atoms with Gasteiger partial charge in [-0.15, -0.1) is 0 Å². The standard InChI is InChI=1S/C31H50N2O3/c1-20(6-11-29(36)33-17-14-23(19-33)32(5)21(2)34)26-9-10-27-25-8-7-22-18-24(35)12-15-30(22,3)28(25)13-16-31(26,27)4/h7,20,23-28,35H,6,8-19H2,1-5H3/t20?,23-,24-,25-,26+,27-,28-,30-,31+/m0/s1. The van der Waals surface area contributed by atoms with E-state index in [1.807, 2.05) is 11.9 Å². The van der Waals surface area contributed by atoms with Crippen LogP contribution in [0.15, 0.2) is 11.6 Å². The lowest BCUT2D eigenvalue weighted by atomic mass is 9.47. The number of aliphatic hydroxyl groups excluding tert-OH is 1. The zero-order valence-corrected chi connectivity index (χ0v) is 23.5. The Hall–Kier alpha value is -1.36. The van der Waals surface area contributed by atoms with E-state index >= 15 is 0 Å². The summed E-state index contributed by atoms with van der Waals surface area (Å²) in [6.45, 7) is 10.6. The molecule has 5 aliphatic rings. The summed E-state index contributed by atoms with van der Waals surface area (Å²) >= 11 is 0. The summed E-state index contributed by atoms with van der Waals surface area (Å²) in [6.07, 6.45) is 14.5. The third kappa shape index (κ3) is 4.35. The number of carbonyl (C=O) groups is 2. The maximum atomic E-state index is 13.0. The predicted molar refractivity (Wildman–Crippen MR) is 143 cm³/mol. The minimum absolute atomic E-state index is 0.0847. The van der Waals surface area contributed by atoms with E-state index in [1.165, 1.54) is 32.1 Å². The largest absolute Gasteiger partial charge is 0.393 e. The molecule has 1 aliphatic heterocycles. The van der Waals surface area contributed by atoms with Gasteiger partial charge in [0.1, 0.15) is 0 Å². The first-order valence-corrected chi connectivity index (χ1v) is 14.9. The van der Waals surface area contributed by atoms with Gasteiger partial charge in [-0.3, -0.25) is 9.59 Å². The maximum Gasteiger partial charge on any atom is 0.222 e. The van der Waals surface area contributed by atoms with Crippen LogP contribution in [0.25, 0.3) is 0 Å². The summed E-state index contributed by atoms with van der Waals surface area (Å²) in [7, 11) is 1.86. The Morgan fingerprint density at radius 2 is 1.92 bits per heavy atom. The molecule has 202 valence electrons. The molecule has 1 N–H and O–H groups in total. The number of rotatable bonds is 5. The molecule has 9 atom stereocenters. The van der Waals surface area contributed by atoms with Crippen molar-refractivity contribution in [2.45, 2.75) is 110 Å². The Kier molecular flexibility index (Phi) is 7.11. The van der Waals surface area contributed by atoms with E-state index < -0.39 is 0 Å². The number of likely N-dealkylation sites (tertiary alicyclic amines) is 1. The number of allylic oxidation sites excluding steroid dienone is 1. The molecule has 0 bridgehead atoms. The number of hydrogen-bond donors (Lipinski definition) is 1. The lowest BCUT2D eigenvalue weighted by Crippen LogP contribution is -2.50. The second-order valence-corrected chi connectivity index (χ2v) is 13.8. The van der Waals surface area contributed by atoms with Crippen LogP contribution in [0.3, 0.4) is 0 Å². The molecule has 5 nitrogen and oxygen atoms in total. The van der Waals surface area contributed by atoms with Gasteiger partial charge in [0.15, 0.2) is 0 Å². The first-order valence-electron chi connectivity index (χ1n) is 14.9. The molecule has 3 saturated carbocycles. The molecule has 5 heteroatoms. The lowest BCUT2D eigenvalue weighted by molar-refractivity contribution is -0.133. The zero-order valence-electron chi connectivity index (χ0n) is 23.5. The second-order valence-electron chi connectivity index (χ2n) is 13.8. The molecule has 0 aromatic heterocycles. The molecular formula is C31H50N2O3. The van der Waals surface area contributed by atoms with Gasteiger partial charge in [-0.05, 0) is 105 Å². The van der Waals surface area contributed by atoms with Gasteiger partial charge in [0.2, 0.25) is 11.8 Å². The number of fused-ring (bicyclic) bond motifs is 5. The third-order valence-electron chi connectivity index (χ3n) is 12.2. The van der Waals surface area contributed by atoms with Gasteiger partial charge in [0.05, 0.1) is 12.1 Å². The molecule has 4 fully saturated rings. The highest BCUT2D eigenvalue weighted by Crippen LogP contribution is 2.67. The number of carbonyl (C=O) groups excluding carboxylic acids is 2. The molecule has 0 spiro atoms. The first kappa shape index (κ1) is 26.3. The molecule has 0 aromatic rings. The van der Waals surface area contributed by atoms with E-state index in [0.717, 1.165) is 62.3 Å². The summed E-state index contributed by atoms with van der Waals surface area (Å²) in [5.41, 5.74) is 2.28. The van der Waals surface area contributed by atoms with Crippen molar-refractivity contribution in [2.24, 2.45) is 40.4 Å². The van der Waals surface area contributed by atoms with Crippen LogP contribution in [0.1, 0.15) is 98.3 Å². The van der Waals surface area contributed by atoms with E-state index in [0.29, 0.717) is 29.7 Å². The lowest BCUT2D eigenvalue weighted by Gasteiger charge is -2.58. The minimum atomic E-state index is -0.129. The summed E-state index contributed by atoms with van der Waals surface area (Å²) in [6, 6.07) is 0.174. The number of likely N-dealkylation sites (N-methyl/N-ethyl adjacent to an activating group) is 1. The molecular weight excluding hydrogens is 448 g/mol. The van der Waals surface area contributed by atoms with Crippen LogP contribution >= 0.6 is 0 Å². The average molecular weight is 499 g/mol. The van der Waals surface area contributed by atoms with Crippen molar-refractivity contribution < 1.29 is 14.7 Å². The monoisotopic (exact) mass is 498 g/mol. The maximum absolute atomic E-state index is 13.0. The van der Waals surface area contributed by atoms with Crippen molar-refractivity contribution in [1.82, 2.24) is 9.80 Å². The fourth-order valence-corrected chi connectivity index (χ4v) is 9.87. The summed E-state index contributed by atoms with van der Waals surface area (Å²) in [4.78, 5) is 28.5. The van der Waals surface area contributed by atoms with Gasteiger partial charge in [-0.2, -0.15) is 0 Å². The van der Waals surface area contributed by atoms with E-state index in [1.54, 1.807) is 17.4 Å². The summed E-state index contributed by atoms with van der Waals surface area (Å²) < 4.78 is 0. The van der Waals surface area contributed by atoms with Crippen molar-refractivity contribution >= 4 is 11.8 Å². The van der Waals surface area contributed by atoms with Gasteiger partial charge >= 0.3 is 0 Å². The topological polar surface area (TPSA) is 60.9 Å². The Labute approximate surface area is 219 Å². The highest BCUT2D eigenvalue weighted by atomic mass is 16.3. The molecule has 4 aliphatic carbocycles. The normalized spacial score (nSPS) is 42.7. The van der Waals surface area contributed by atoms with Gasteiger partial charge in [-0.1, -0.05) is 32.4 Å². The molecule has 5 rings (SSSR count). The van der Waals surface area contributed by atoms with Crippen molar-refractivity contribution in [3.63, 3.8) is 0 Å². The Morgan fingerprint density at radius 3 is 2.67 bits per heavy atom. The second kappa shape index (κ2) is 9.75. The van der Waals surface area contributed by atoms with Gasteiger partial charge < -0.3 is 14.9 Å². The summed E-state index contributed by atoms with van der Waals surface area (Å²) in [5.74, 6) is 4.05. The van der Waals surface area contributed by atoms with Gasteiger partial charge in [0, 0.05) is 33.5 Å². The molecule has 1 saturated heterocycles. The molecule has 2 amide bonds. The molecule has 1 heterocycles. The average Bonchev–Trinajstić information content (AvgIpc) is 3.47. The Balaban J connectivity index is 1.19. The van der Waals surface area contributed by atoms with Crippen LogP contribution in [0.4, 0.5) is 0 Å². The molecule has 36 heavy (non-hydrogen) atoms. The van der Waals surface area contributed by atoms with Crippen LogP contribution in [-0.2, 0) is 9.59 Å². The van der Waals surface area contributed by atoms with Crippen LogP contribution in [0.5, 0.6) is 0 Å². The van der Waals surface area contributed by atoms with Gasteiger partial charge in [0.25, 0.3) is 0 Å². The number of amides is 2. The van der Waals surface area contributed by atoms with Crippen LogP contribution in [0, 0.1) is 40.4 Å². The van der Waals surface area contributed by atoms with Crippen molar-refractivity contribution in [1.29, 1.82) is 0 Å². The summed E-state index contributed by atoms with van der Waals surface area (Å²) in [5, 5.41) is 10.3. The Morgan fingerprint density at radius 1 is 1.14 bits per heavy atom. The fraction of sp³-hybridized carbons (Fsp3) is 0.871. The van der Waals surface area contributed by atoms with E-state index in [-0.39, 0.29) is 24.0 Å². The number of aliphatic hydroxyl groups is 1. The van der Waals surface area contributed by atoms with E-state index in [4.69, 9.17) is 0 Å². The molecule has 1 unspecified atom stereocenters. The quantitative estimate of drug-likeness (QED) is 0.515. The van der Waals surface area contributed by atoms with Crippen LogP contribution in [-0.4, -0.2) is 59.0 Å². The number of nitrogens with zero attached hydrogens (tertiary/aromatic N) is 2. The number of hydrogen-bond acceptors (Lipinski definition) is 3.